The van der Waals surface area contributed by atoms with Crippen molar-refractivity contribution in [2.24, 2.45) is 0 Å². The van der Waals surface area contributed by atoms with Gasteiger partial charge >= 0.3 is 0 Å². The summed E-state index contributed by atoms with van der Waals surface area (Å²) in [6, 6.07) is 19.1. The molecule has 2 aromatic rings. The molecule has 0 unspecified atom stereocenters. The SMILES string of the molecule is O=C(NCCN1CCCC1)C(Cl)(c1ccccc1)c1ccccc1. The van der Waals surface area contributed by atoms with Gasteiger partial charge < -0.3 is 10.2 Å². The zero-order valence-corrected chi connectivity index (χ0v) is 14.5. The van der Waals surface area contributed by atoms with Crippen LogP contribution in [0.3, 0.4) is 0 Å². The lowest BCUT2D eigenvalue weighted by molar-refractivity contribution is -0.123. The Bertz CT molecular complexity index is 614. The standard InChI is InChI=1S/C20H23ClN2O/c21-20(17-9-3-1-4-10-17,18-11-5-2-6-12-18)19(24)22-13-16-23-14-7-8-15-23/h1-6,9-12H,7-8,13-16H2,(H,22,24). The number of hydrogen-bond acceptors (Lipinski definition) is 2. The van der Waals surface area contributed by atoms with Crippen LogP contribution in [0.15, 0.2) is 60.7 Å². The summed E-state index contributed by atoms with van der Waals surface area (Å²) >= 11 is 6.91. The van der Waals surface area contributed by atoms with Crippen LogP contribution in [0.25, 0.3) is 0 Å². The van der Waals surface area contributed by atoms with E-state index in [1.807, 2.05) is 60.7 Å². The van der Waals surface area contributed by atoms with Crippen LogP contribution in [-0.2, 0) is 9.67 Å². The average molecular weight is 343 g/mol. The highest BCUT2D eigenvalue weighted by Gasteiger charge is 2.39. The first-order valence-corrected chi connectivity index (χ1v) is 8.89. The highest BCUT2D eigenvalue weighted by atomic mass is 35.5. The molecule has 0 saturated carbocycles. The number of halogens is 1. The van der Waals surface area contributed by atoms with Crippen molar-refractivity contribution in [3.63, 3.8) is 0 Å². The van der Waals surface area contributed by atoms with Crippen molar-refractivity contribution in [1.82, 2.24) is 10.2 Å². The number of alkyl halides is 1. The molecule has 1 N–H and O–H groups in total. The third-order valence-electron chi connectivity index (χ3n) is 4.57. The fourth-order valence-corrected chi connectivity index (χ4v) is 3.54. The summed E-state index contributed by atoms with van der Waals surface area (Å²) in [4.78, 5) is 14.2. The lowest BCUT2D eigenvalue weighted by atomic mass is 9.89. The van der Waals surface area contributed by atoms with Gasteiger partial charge in [-0.25, -0.2) is 0 Å². The molecule has 0 aromatic heterocycles. The van der Waals surface area contributed by atoms with Crippen LogP contribution in [0, 0.1) is 0 Å². The summed E-state index contributed by atoms with van der Waals surface area (Å²) in [6.07, 6.45) is 2.50. The number of nitrogens with zero attached hydrogens (tertiary/aromatic N) is 1. The number of benzene rings is 2. The summed E-state index contributed by atoms with van der Waals surface area (Å²) in [5, 5.41) is 3.03. The van der Waals surface area contributed by atoms with Crippen LogP contribution in [0.5, 0.6) is 0 Å². The first-order chi connectivity index (χ1) is 11.7. The van der Waals surface area contributed by atoms with Crippen molar-refractivity contribution in [2.45, 2.75) is 17.7 Å². The van der Waals surface area contributed by atoms with Crippen LogP contribution in [0.1, 0.15) is 24.0 Å². The number of likely N-dealkylation sites (tertiary alicyclic amines) is 1. The molecular formula is C20H23ClN2O. The first kappa shape index (κ1) is 17.0. The molecule has 0 spiro atoms. The van der Waals surface area contributed by atoms with Crippen molar-refractivity contribution in [3.05, 3.63) is 71.8 Å². The predicted octanol–water partition coefficient (Wildman–Crippen LogP) is 3.38. The molecule has 3 rings (SSSR count). The smallest absolute Gasteiger partial charge is 0.250 e. The van der Waals surface area contributed by atoms with E-state index in [1.54, 1.807) is 0 Å². The second-order valence-corrected chi connectivity index (χ2v) is 6.76. The second-order valence-electron chi connectivity index (χ2n) is 6.20. The highest BCUT2D eigenvalue weighted by Crippen LogP contribution is 2.36. The molecule has 24 heavy (non-hydrogen) atoms. The van der Waals surface area contributed by atoms with E-state index in [0.717, 1.165) is 30.8 Å². The van der Waals surface area contributed by atoms with E-state index in [1.165, 1.54) is 12.8 Å². The maximum Gasteiger partial charge on any atom is 0.250 e. The maximum atomic E-state index is 13.0. The molecule has 1 amide bonds. The van der Waals surface area contributed by atoms with Gasteiger partial charge in [-0.05, 0) is 37.1 Å². The molecule has 1 aliphatic heterocycles. The molecule has 1 aliphatic rings. The third kappa shape index (κ3) is 3.63. The van der Waals surface area contributed by atoms with Gasteiger partial charge in [-0.15, -0.1) is 0 Å². The Morgan fingerprint density at radius 2 is 1.46 bits per heavy atom. The number of amides is 1. The Labute approximate surface area is 148 Å². The molecule has 2 aromatic carbocycles. The quantitative estimate of drug-likeness (QED) is 0.816. The van der Waals surface area contributed by atoms with Crippen LogP contribution in [-0.4, -0.2) is 37.0 Å². The molecule has 3 nitrogen and oxygen atoms in total. The fraction of sp³-hybridized carbons (Fsp3) is 0.350. The molecule has 0 bridgehead atoms. The van der Waals surface area contributed by atoms with E-state index in [9.17, 15) is 4.79 Å². The molecule has 0 aliphatic carbocycles. The number of hydrogen-bond donors (Lipinski definition) is 1. The minimum absolute atomic E-state index is 0.166. The largest absolute Gasteiger partial charge is 0.353 e. The van der Waals surface area contributed by atoms with Gasteiger partial charge in [0.05, 0.1) is 0 Å². The van der Waals surface area contributed by atoms with E-state index in [2.05, 4.69) is 10.2 Å². The van der Waals surface area contributed by atoms with Gasteiger partial charge in [0, 0.05) is 13.1 Å². The van der Waals surface area contributed by atoms with Gasteiger partial charge in [0.1, 0.15) is 0 Å². The summed E-state index contributed by atoms with van der Waals surface area (Å²) in [6.45, 7) is 3.74. The first-order valence-electron chi connectivity index (χ1n) is 8.52. The van der Waals surface area contributed by atoms with Gasteiger partial charge in [-0.3, -0.25) is 4.79 Å². The molecule has 1 heterocycles. The van der Waals surface area contributed by atoms with Crippen molar-refractivity contribution < 1.29 is 4.79 Å². The van der Waals surface area contributed by atoms with Gasteiger partial charge in [-0.2, -0.15) is 0 Å². The molecule has 1 fully saturated rings. The van der Waals surface area contributed by atoms with E-state index in [0.29, 0.717) is 6.54 Å². The number of rotatable bonds is 6. The van der Waals surface area contributed by atoms with E-state index >= 15 is 0 Å². The Morgan fingerprint density at radius 1 is 0.958 bits per heavy atom. The topological polar surface area (TPSA) is 32.3 Å². The van der Waals surface area contributed by atoms with Gasteiger partial charge in [0.15, 0.2) is 4.87 Å². The summed E-state index contributed by atoms with van der Waals surface area (Å²) in [5.74, 6) is -0.166. The molecule has 0 radical (unpaired) electrons. The van der Waals surface area contributed by atoms with Crippen LogP contribution in [0.2, 0.25) is 0 Å². The normalized spacial score (nSPS) is 15.4. The van der Waals surface area contributed by atoms with E-state index in [4.69, 9.17) is 11.6 Å². The number of nitrogens with one attached hydrogen (secondary N) is 1. The molecule has 1 saturated heterocycles. The Morgan fingerprint density at radius 3 is 1.96 bits per heavy atom. The van der Waals surface area contributed by atoms with Crippen molar-refractivity contribution in [2.75, 3.05) is 26.2 Å². The van der Waals surface area contributed by atoms with Crippen LogP contribution in [0.4, 0.5) is 0 Å². The van der Waals surface area contributed by atoms with Gasteiger partial charge in [-0.1, -0.05) is 72.3 Å². The monoisotopic (exact) mass is 342 g/mol. The van der Waals surface area contributed by atoms with Gasteiger partial charge in [0.2, 0.25) is 5.91 Å². The molecular weight excluding hydrogens is 320 g/mol. The molecule has 0 atom stereocenters. The summed E-state index contributed by atoms with van der Waals surface area (Å²) in [7, 11) is 0. The fourth-order valence-electron chi connectivity index (χ4n) is 3.22. The summed E-state index contributed by atoms with van der Waals surface area (Å²) < 4.78 is 0. The highest BCUT2D eigenvalue weighted by molar-refractivity contribution is 6.37. The van der Waals surface area contributed by atoms with Crippen molar-refractivity contribution in [3.8, 4) is 0 Å². The predicted molar refractivity (Wildman–Crippen MR) is 98.2 cm³/mol. The number of carbonyl (C=O) groups excluding carboxylic acids is 1. The summed E-state index contributed by atoms with van der Waals surface area (Å²) in [5.41, 5.74) is 1.58. The lowest BCUT2D eigenvalue weighted by Gasteiger charge is -2.27. The van der Waals surface area contributed by atoms with Crippen molar-refractivity contribution in [1.29, 1.82) is 0 Å². The van der Waals surface area contributed by atoms with Crippen LogP contribution < -0.4 is 5.32 Å². The Balaban J connectivity index is 1.78. The van der Waals surface area contributed by atoms with Gasteiger partial charge in [0.25, 0.3) is 0 Å². The van der Waals surface area contributed by atoms with Crippen LogP contribution >= 0.6 is 11.6 Å². The third-order valence-corrected chi connectivity index (χ3v) is 5.18. The lowest BCUT2D eigenvalue weighted by Crippen LogP contribution is -2.44. The van der Waals surface area contributed by atoms with E-state index in [-0.39, 0.29) is 5.91 Å². The average Bonchev–Trinajstić information content (AvgIpc) is 3.16. The van der Waals surface area contributed by atoms with E-state index < -0.39 is 4.87 Å². The zero-order chi connectivity index (χ0) is 16.8. The van der Waals surface area contributed by atoms with Crippen molar-refractivity contribution >= 4 is 17.5 Å². The number of carbonyl (C=O) groups is 1. The molecule has 4 heteroatoms. The maximum absolute atomic E-state index is 13.0. The zero-order valence-electron chi connectivity index (χ0n) is 13.7. The minimum atomic E-state index is -1.20. The second kappa shape index (κ2) is 7.82. The Hall–Kier alpha value is -1.84. The Kier molecular flexibility index (Phi) is 5.54. The molecule has 126 valence electrons. The minimum Gasteiger partial charge on any atom is -0.353 e.